The van der Waals surface area contributed by atoms with Gasteiger partial charge in [-0.15, -0.1) is 0 Å². The predicted molar refractivity (Wildman–Crippen MR) is 112 cm³/mol. The summed E-state index contributed by atoms with van der Waals surface area (Å²) in [6, 6.07) is 4.63. The number of benzene rings is 1. The highest BCUT2D eigenvalue weighted by molar-refractivity contribution is 7.89. The largest absolute Gasteiger partial charge is 0.468 e. The molecule has 0 radical (unpaired) electrons. The van der Waals surface area contributed by atoms with E-state index in [0.29, 0.717) is 11.9 Å². The summed E-state index contributed by atoms with van der Waals surface area (Å²) >= 11 is 0. The van der Waals surface area contributed by atoms with Crippen molar-refractivity contribution in [1.82, 2.24) is 14.5 Å². The van der Waals surface area contributed by atoms with Gasteiger partial charge in [0.15, 0.2) is 9.84 Å². The second-order valence-corrected chi connectivity index (χ2v) is 10.4. The van der Waals surface area contributed by atoms with Gasteiger partial charge in [0.1, 0.15) is 0 Å². The Kier molecular flexibility index (Phi) is 4.73. The number of allylic oxidation sites excluding steroid dienone is 2. The van der Waals surface area contributed by atoms with Crippen LogP contribution in [-0.2, 0) is 22.1 Å². The molecule has 7 heteroatoms. The van der Waals surface area contributed by atoms with E-state index in [4.69, 9.17) is 4.74 Å². The third-order valence-electron chi connectivity index (χ3n) is 5.23. The molecule has 150 valence electrons. The van der Waals surface area contributed by atoms with Gasteiger partial charge >= 0.3 is 0 Å². The number of imidazole rings is 1. The molecule has 2 aromatic rings. The number of sulfone groups is 1. The summed E-state index contributed by atoms with van der Waals surface area (Å²) < 4.78 is 31.8. The number of methoxy groups -OCH3 is 1. The minimum Gasteiger partial charge on any atom is -0.468 e. The molecule has 2 heterocycles. The van der Waals surface area contributed by atoms with Crippen LogP contribution in [0.4, 0.5) is 0 Å². The normalized spacial score (nSPS) is 17.6. The van der Waals surface area contributed by atoms with Gasteiger partial charge in [0.25, 0.3) is 6.01 Å². The average molecular weight is 402 g/mol. The van der Waals surface area contributed by atoms with Gasteiger partial charge in [-0.25, -0.2) is 8.42 Å². The molecule has 0 spiro atoms. The number of rotatable bonds is 6. The third kappa shape index (κ3) is 3.94. The van der Waals surface area contributed by atoms with E-state index in [1.807, 2.05) is 13.1 Å². The summed E-state index contributed by atoms with van der Waals surface area (Å²) in [6.45, 7) is 3.87. The monoisotopic (exact) mass is 401 g/mol. The second kappa shape index (κ2) is 6.95. The fourth-order valence-electron chi connectivity index (χ4n) is 3.90. The van der Waals surface area contributed by atoms with Crippen molar-refractivity contribution in [2.24, 2.45) is 5.92 Å². The summed E-state index contributed by atoms with van der Waals surface area (Å²) in [5, 5.41) is 0. The Morgan fingerprint density at radius 3 is 2.64 bits per heavy atom. The number of hydrogen-bond acceptors (Lipinski definition) is 5. The predicted octanol–water partition coefficient (Wildman–Crippen LogP) is 3.23. The number of fused-ring (bicyclic) bond motifs is 1. The maximum Gasteiger partial charge on any atom is 0.297 e. The molecule has 28 heavy (non-hydrogen) atoms. The Balaban J connectivity index is 1.93. The van der Waals surface area contributed by atoms with Crippen LogP contribution in [0.5, 0.6) is 6.01 Å². The average Bonchev–Trinajstić information content (AvgIpc) is 3.33. The molecule has 0 bridgehead atoms. The van der Waals surface area contributed by atoms with Crippen molar-refractivity contribution >= 4 is 26.4 Å². The van der Waals surface area contributed by atoms with Crippen molar-refractivity contribution < 1.29 is 13.2 Å². The van der Waals surface area contributed by atoms with E-state index in [0.717, 1.165) is 40.8 Å². The lowest BCUT2D eigenvalue weighted by Gasteiger charge is -2.22. The highest BCUT2D eigenvalue weighted by Crippen LogP contribution is 2.36. The van der Waals surface area contributed by atoms with Crippen LogP contribution in [0.15, 0.2) is 30.0 Å². The molecule has 1 aliphatic heterocycles. The van der Waals surface area contributed by atoms with E-state index in [1.165, 1.54) is 24.7 Å². The SMILES string of the molecule is COc1nc2c(CS(C)(=O)=O)cc(C3=CN(C)CC(C)=C3)cc2n1CC1CC1. The van der Waals surface area contributed by atoms with Crippen LogP contribution in [0.3, 0.4) is 0 Å². The van der Waals surface area contributed by atoms with Crippen LogP contribution in [0.25, 0.3) is 16.6 Å². The molecule has 0 atom stereocenters. The van der Waals surface area contributed by atoms with Gasteiger partial charge in [-0.05, 0) is 54.5 Å². The van der Waals surface area contributed by atoms with Gasteiger partial charge in [-0.2, -0.15) is 4.98 Å². The lowest BCUT2D eigenvalue weighted by Crippen LogP contribution is -2.17. The molecule has 6 nitrogen and oxygen atoms in total. The summed E-state index contributed by atoms with van der Waals surface area (Å²) in [4.78, 5) is 6.79. The van der Waals surface area contributed by atoms with Gasteiger partial charge < -0.3 is 9.64 Å². The first kappa shape index (κ1) is 19.1. The van der Waals surface area contributed by atoms with E-state index >= 15 is 0 Å². The fourth-order valence-corrected chi connectivity index (χ4v) is 4.69. The van der Waals surface area contributed by atoms with Crippen molar-refractivity contribution in [3.05, 3.63) is 41.1 Å². The molecule has 1 saturated carbocycles. The van der Waals surface area contributed by atoms with Crippen molar-refractivity contribution in [3.63, 3.8) is 0 Å². The number of ether oxygens (including phenoxy) is 1. The number of hydrogen-bond donors (Lipinski definition) is 0. The van der Waals surface area contributed by atoms with Gasteiger partial charge in [0.05, 0.1) is 23.9 Å². The topological polar surface area (TPSA) is 64.4 Å². The molecule has 1 aromatic heterocycles. The zero-order chi connectivity index (χ0) is 20.1. The van der Waals surface area contributed by atoms with Crippen molar-refractivity contribution in [1.29, 1.82) is 0 Å². The third-order valence-corrected chi connectivity index (χ3v) is 6.06. The quantitative estimate of drug-likeness (QED) is 0.744. The summed E-state index contributed by atoms with van der Waals surface area (Å²) in [5.74, 6) is 0.614. The van der Waals surface area contributed by atoms with Crippen LogP contribution >= 0.6 is 0 Å². The molecule has 1 aliphatic carbocycles. The number of likely N-dealkylation sites (N-methyl/N-ethyl adjacent to an activating group) is 1. The summed E-state index contributed by atoms with van der Waals surface area (Å²) in [6.07, 6.45) is 7.98. The maximum absolute atomic E-state index is 12.1. The van der Waals surface area contributed by atoms with Gasteiger partial charge in [-0.1, -0.05) is 11.6 Å². The van der Waals surface area contributed by atoms with Crippen LogP contribution in [-0.4, -0.2) is 49.8 Å². The molecule has 0 amide bonds. The van der Waals surface area contributed by atoms with Crippen molar-refractivity contribution in [2.45, 2.75) is 32.1 Å². The summed E-state index contributed by atoms with van der Waals surface area (Å²) in [5.41, 5.74) is 5.76. The molecule has 0 saturated heterocycles. The van der Waals surface area contributed by atoms with E-state index in [9.17, 15) is 8.42 Å². The molecule has 1 aromatic carbocycles. The molecular weight excluding hydrogens is 374 g/mol. The minimum absolute atomic E-state index is 0.0350. The van der Waals surface area contributed by atoms with Crippen LogP contribution in [0, 0.1) is 5.92 Å². The Morgan fingerprint density at radius 1 is 1.29 bits per heavy atom. The van der Waals surface area contributed by atoms with E-state index in [1.54, 1.807) is 7.11 Å². The minimum atomic E-state index is -3.19. The lowest BCUT2D eigenvalue weighted by molar-refractivity contribution is 0.356. The van der Waals surface area contributed by atoms with E-state index < -0.39 is 9.84 Å². The van der Waals surface area contributed by atoms with Gasteiger partial charge in [0, 0.05) is 32.6 Å². The first-order valence-electron chi connectivity index (χ1n) is 9.58. The number of nitrogens with zero attached hydrogens (tertiary/aromatic N) is 3. The Morgan fingerprint density at radius 2 is 2.04 bits per heavy atom. The van der Waals surface area contributed by atoms with E-state index in [-0.39, 0.29) is 5.75 Å². The zero-order valence-corrected chi connectivity index (χ0v) is 17.7. The molecule has 2 aliphatic rings. The van der Waals surface area contributed by atoms with Crippen molar-refractivity contribution in [3.8, 4) is 6.01 Å². The van der Waals surface area contributed by atoms with Crippen LogP contribution in [0.2, 0.25) is 0 Å². The number of aromatic nitrogens is 2. The molecular formula is C21H27N3O3S. The standard InChI is InChI=1S/C21H27N3O3S/c1-14-7-17(12-23(2)10-14)16-8-18(13-28(4,25)26)20-19(9-16)24(11-15-5-6-15)21(22-20)27-3/h7-9,12,15H,5-6,10-11,13H2,1-4H3. The molecule has 0 N–H and O–H groups in total. The molecule has 4 rings (SSSR count). The first-order valence-corrected chi connectivity index (χ1v) is 11.6. The highest BCUT2D eigenvalue weighted by Gasteiger charge is 2.26. The summed E-state index contributed by atoms with van der Waals surface area (Å²) in [7, 11) is 0.472. The van der Waals surface area contributed by atoms with Crippen LogP contribution < -0.4 is 4.74 Å². The van der Waals surface area contributed by atoms with Crippen molar-refractivity contribution in [2.75, 3.05) is 27.0 Å². The molecule has 0 unspecified atom stereocenters. The fraction of sp³-hybridized carbons (Fsp3) is 0.476. The lowest BCUT2D eigenvalue weighted by atomic mass is 9.99. The molecule has 1 fully saturated rings. The Bertz CT molecular complexity index is 1090. The smallest absolute Gasteiger partial charge is 0.297 e. The first-order chi connectivity index (χ1) is 13.2. The maximum atomic E-state index is 12.1. The highest BCUT2D eigenvalue weighted by atomic mass is 32.2. The Hall–Kier alpha value is -2.28. The van der Waals surface area contributed by atoms with Gasteiger partial charge in [0.2, 0.25) is 0 Å². The Labute approximate surface area is 166 Å². The van der Waals surface area contributed by atoms with E-state index in [2.05, 4.69) is 39.7 Å². The van der Waals surface area contributed by atoms with Crippen LogP contribution in [0.1, 0.15) is 30.9 Å². The van der Waals surface area contributed by atoms with Gasteiger partial charge in [-0.3, -0.25) is 4.57 Å². The second-order valence-electron chi connectivity index (χ2n) is 8.22. The zero-order valence-electron chi connectivity index (χ0n) is 16.9.